The number of carbonyl (C=O) groups excluding carboxylic acids is 3. The Bertz CT molecular complexity index is 2210. The minimum Gasteiger partial charge on any atom is -0.494 e. The van der Waals surface area contributed by atoms with E-state index in [9.17, 15) is 19.2 Å². The summed E-state index contributed by atoms with van der Waals surface area (Å²) >= 11 is 0. The van der Waals surface area contributed by atoms with E-state index in [1.165, 1.54) is 18.6 Å². The molecule has 52 heavy (non-hydrogen) atoms. The summed E-state index contributed by atoms with van der Waals surface area (Å²) in [7, 11) is 3.36. The summed E-state index contributed by atoms with van der Waals surface area (Å²) in [5.41, 5.74) is 4.20. The van der Waals surface area contributed by atoms with Crippen molar-refractivity contribution in [3.63, 3.8) is 0 Å². The van der Waals surface area contributed by atoms with Crippen molar-refractivity contribution in [3.05, 3.63) is 76.9 Å². The third-order valence-corrected chi connectivity index (χ3v) is 11.3. The number of nitrogens with zero attached hydrogens (tertiary/aromatic N) is 7. The fourth-order valence-corrected chi connectivity index (χ4v) is 8.54. The van der Waals surface area contributed by atoms with Crippen molar-refractivity contribution in [3.8, 4) is 5.75 Å². The van der Waals surface area contributed by atoms with E-state index >= 15 is 0 Å². The van der Waals surface area contributed by atoms with Gasteiger partial charge in [-0.1, -0.05) is 12.1 Å². The lowest BCUT2D eigenvalue weighted by Gasteiger charge is -2.37. The van der Waals surface area contributed by atoms with Crippen LogP contribution in [-0.2, 0) is 16.6 Å². The number of carbonyl (C=O) groups is 3. The van der Waals surface area contributed by atoms with Gasteiger partial charge in [-0.15, -0.1) is 0 Å². The van der Waals surface area contributed by atoms with Crippen LogP contribution in [-0.4, -0.2) is 78.2 Å². The van der Waals surface area contributed by atoms with Crippen LogP contribution >= 0.6 is 0 Å². The molecule has 3 fully saturated rings. The van der Waals surface area contributed by atoms with Crippen LogP contribution in [0, 0.1) is 5.92 Å². The number of likely N-dealkylation sites (tertiary alicyclic amines) is 1. The molecular formula is C38H43N9O5. The van der Waals surface area contributed by atoms with Crippen LogP contribution in [0.15, 0.2) is 59.9 Å². The molecule has 3 aliphatic rings. The minimum atomic E-state index is -0.680. The van der Waals surface area contributed by atoms with E-state index in [2.05, 4.69) is 42.4 Å². The molecule has 0 bridgehead atoms. The molecule has 5 aromatic rings. The first-order chi connectivity index (χ1) is 25.3. The topological polar surface area (TPSA) is 158 Å². The van der Waals surface area contributed by atoms with Crippen LogP contribution in [0.2, 0.25) is 0 Å². The number of rotatable bonds is 8. The van der Waals surface area contributed by atoms with Crippen molar-refractivity contribution in [2.24, 2.45) is 13.0 Å². The van der Waals surface area contributed by atoms with Crippen LogP contribution in [0.4, 0.5) is 5.69 Å². The van der Waals surface area contributed by atoms with Gasteiger partial charge in [-0.3, -0.25) is 38.5 Å². The zero-order valence-electron chi connectivity index (χ0n) is 29.5. The standard InChI is InChI=1S/C38H43N9O5/c1-44-35-27(4-3-5-31(35)47(38(44)51)32-10-11-34(48)42-37(32)50)24-12-16-45(17-13-24)21-23-6-8-26(9-7-23)46-22-25-18-29(33(52-2)19-28(25)43-46)41-36(49)30-20-39-14-15-40-30/h3-5,14-15,18-20,22-24,26,32H,6-13,16-17,21H2,1-2H3,(H,41,49)(H,42,48,50). The number of benzene rings is 2. The van der Waals surface area contributed by atoms with E-state index in [1.54, 1.807) is 23.3 Å². The number of methoxy groups -OCH3 is 1. The zero-order valence-corrected chi connectivity index (χ0v) is 29.5. The van der Waals surface area contributed by atoms with E-state index < -0.39 is 11.9 Å². The number of nitrogens with one attached hydrogen (secondary N) is 2. The van der Waals surface area contributed by atoms with E-state index in [-0.39, 0.29) is 29.6 Å². The van der Waals surface area contributed by atoms with Gasteiger partial charge in [0.05, 0.1) is 41.6 Å². The van der Waals surface area contributed by atoms with E-state index in [0.29, 0.717) is 35.7 Å². The maximum absolute atomic E-state index is 13.4. The summed E-state index contributed by atoms with van der Waals surface area (Å²) < 4.78 is 10.9. The Labute approximate surface area is 300 Å². The molecule has 14 heteroatoms. The Morgan fingerprint density at radius 3 is 2.56 bits per heavy atom. The molecular weight excluding hydrogens is 662 g/mol. The minimum absolute atomic E-state index is 0.222. The summed E-state index contributed by atoms with van der Waals surface area (Å²) in [4.78, 5) is 61.3. The molecule has 2 aliphatic heterocycles. The monoisotopic (exact) mass is 705 g/mol. The van der Waals surface area contributed by atoms with Crippen molar-refractivity contribution in [1.29, 1.82) is 0 Å². The highest BCUT2D eigenvalue weighted by molar-refractivity contribution is 6.05. The highest BCUT2D eigenvalue weighted by Gasteiger charge is 2.33. The van der Waals surface area contributed by atoms with Gasteiger partial charge in [0.2, 0.25) is 11.8 Å². The Morgan fingerprint density at radius 2 is 1.83 bits per heavy atom. The molecule has 5 heterocycles. The summed E-state index contributed by atoms with van der Waals surface area (Å²) in [5, 5.41) is 11.1. The van der Waals surface area contributed by atoms with E-state index in [4.69, 9.17) is 9.84 Å². The SMILES string of the molecule is COc1cc2nn(C3CCC(CN4CCC(c5cccc6c5n(C)c(=O)n6C5CCC(=O)NC5=O)CC4)CC3)cc2cc1NC(=O)c1cnccn1. The number of imidazole rings is 1. The van der Waals surface area contributed by atoms with Crippen LogP contribution in [0.25, 0.3) is 21.9 Å². The number of hydrogen-bond donors (Lipinski definition) is 2. The van der Waals surface area contributed by atoms with Gasteiger partial charge >= 0.3 is 5.69 Å². The molecule has 1 aliphatic carbocycles. The number of para-hydroxylation sites is 1. The maximum Gasteiger partial charge on any atom is 0.329 e. The molecule has 3 amide bonds. The van der Waals surface area contributed by atoms with Crippen LogP contribution in [0.3, 0.4) is 0 Å². The average Bonchev–Trinajstić information content (AvgIpc) is 3.69. The second-order valence-electron chi connectivity index (χ2n) is 14.4. The number of hydrogen-bond acceptors (Lipinski definition) is 9. The normalized spacial score (nSPS) is 21.8. The molecule has 2 saturated heterocycles. The predicted octanol–water partition coefficient (Wildman–Crippen LogP) is 4.33. The largest absolute Gasteiger partial charge is 0.494 e. The third-order valence-electron chi connectivity index (χ3n) is 11.3. The number of amides is 3. The average molecular weight is 706 g/mol. The van der Waals surface area contributed by atoms with E-state index in [0.717, 1.165) is 85.7 Å². The molecule has 3 aromatic heterocycles. The van der Waals surface area contributed by atoms with Gasteiger partial charge in [0.15, 0.2) is 0 Å². The second-order valence-corrected chi connectivity index (χ2v) is 14.4. The second kappa shape index (κ2) is 14.0. The number of fused-ring (bicyclic) bond motifs is 2. The van der Waals surface area contributed by atoms with Gasteiger partial charge in [0.1, 0.15) is 17.5 Å². The smallest absolute Gasteiger partial charge is 0.329 e. The van der Waals surface area contributed by atoms with Gasteiger partial charge in [0, 0.05) is 50.1 Å². The lowest BCUT2D eigenvalue weighted by molar-refractivity contribution is -0.135. The summed E-state index contributed by atoms with van der Waals surface area (Å²) in [5.74, 6) is 0.441. The lowest BCUT2D eigenvalue weighted by atomic mass is 9.84. The molecule has 1 unspecified atom stereocenters. The number of piperidine rings is 2. The zero-order chi connectivity index (χ0) is 35.9. The first-order valence-electron chi connectivity index (χ1n) is 18.2. The lowest BCUT2D eigenvalue weighted by Crippen LogP contribution is -2.44. The molecule has 8 rings (SSSR count). The Hall–Kier alpha value is -5.37. The van der Waals surface area contributed by atoms with Gasteiger partial charge in [-0.05, 0) is 87.6 Å². The highest BCUT2D eigenvalue weighted by atomic mass is 16.5. The van der Waals surface area contributed by atoms with Crippen molar-refractivity contribution in [2.45, 2.75) is 69.4 Å². The summed E-state index contributed by atoms with van der Waals surface area (Å²) in [6.45, 7) is 3.09. The number of anilines is 1. The summed E-state index contributed by atoms with van der Waals surface area (Å²) in [6, 6.07) is 9.43. The summed E-state index contributed by atoms with van der Waals surface area (Å²) in [6.07, 6.45) is 13.5. The quantitative estimate of drug-likeness (QED) is 0.224. The Morgan fingerprint density at radius 1 is 1.02 bits per heavy atom. The van der Waals surface area contributed by atoms with Gasteiger partial charge in [0.25, 0.3) is 5.91 Å². The van der Waals surface area contributed by atoms with Crippen LogP contribution in [0.5, 0.6) is 5.75 Å². The molecule has 14 nitrogen and oxygen atoms in total. The number of aryl methyl sites for hydroxylation is 1. The molecule has 2 N–H and O–H groups in total. The van der Waals surface area contributed by atoms with Gasteiger partial charge in [-0.25, -0.2) is 9.78 Å². The number of imide groups is 1. The molecule has 0 spiro atoms. The van der Waals surface area contributed by atoms with Gasteiger partial charge < -0.3 is 15.0 Å². The molecule has 1 atom stereocenters. The highest BCUT2D eigenvalue weighted by Crippen LogP contribution is 2.38. The van der Waals surface area contributed by atoms with Crippen LogP contribution in [0.1, 0.15) is 85.4 Å². The molecule has 270 valence electrons. The fourth-order valence-electron chi connectivity index (χ4n) is 8.54. The maximum atomic E-state index is 13.4. The van der Waals surface area contributed by atoms with Crippen molar-refractivity contribution in [1.82, 2.24) is 39.1 Å². The first-order valence-corrected chi connectivity index (χ1v) is 18.2. The molecule has 1 saturated carbocycles. The van der Waals surface area contributed by atoms with Gasteiger partial charge in [-0.2, -0.15) is 5.10 Å². The Balaban J connectivity index is 0.880. The predicted molar refractivity (Wildman–Crippen MR) is 194 cm³/mol. The number of ether oxygens (including phenoxy) is 1. The fraction of sp³-hybridized carbons (Fsp3) is 0.447. The molecule has 0 radical (unpaired) electrons. The van der Waals surface area contributed by atoms with Crippen molar-refractivity contribution < 1.29 is 19.1 Å². The third kappa shape index (κ3) is 6.35. The first kappa shape index (κ1) is 33.8. The Kier molecular flexibility index (Phi) is 9.08. The van der Waals surface area contributed by atoms with Crippen LogP contribution < -0.4 is 21.1 Å². The van der Waals surface area contributed by atoms with Crippen molar-refractivity contribution in [2.75, 3.05) is 32.1 Å². The van der Waals surface area contributed by atoms with Crippen molar-refractivity contribution >= 4 is 45.3 Å². The molecule has 2 aromatic carbocycles. The number of aromatic nitrogens is 6. The van der Waals surface area contributed by atoms with E-state index in [1.807, 2.05) is 24.3 Å².